The average molecular weight is 511 g/mol. The SMILES string of the molecule is C=C(C#N)C(=O)NCCCC[C@H](NC(=O)[C@H](C)NC(=O)C(C)C)C(=O)/N=C(\Cc1ccccc1)B(O)O. The summed E-state index contributed by atoms with van der Waals surface area (Å²) in [5, 5.41) is 35.9. The van der Waals surface area contributed by atoms with E-state index in [0.717, 1.165) is 0 Å². The summed E-state index contributed by atoms with van der Waals surface area (Å²) in [6.45, 7) is 8.38. The molecule has 1 rings (SSSR count). The van der Waals surface area contributed by atoms with Crippen molar-refractivity contribution in [2.45, 2.75) is 58.5 Å². The largest absolute Gasteiger partial charge is 0.504 e. The molecule has 0 aliphatic carbocycles. The van der Waals surface area contributed by atoms with Gasteiger partial charge < -0.3 is 26.0 Å². The Bertz CT molecular complexity index is 1040. The van der Waals surface area contributed by atoms with E-state index in [-0.39, 0.29) is 42.4 Å². The summed E-state index contributed by atoms with van der Waals surface area (Å²) in [6.07, 6.45) is 0.954. The van der Waals surface area contributed by atoms with Crippen LogP contribution in [0.25, 0.3) is 0 Å². The van der Waals surface area contributed by atoms with Crippen LogP contribution in [0.15, 0.2) is 47.5 Å². The molecule has 0 radical (unpaired) electrons. The van der Waals surface area contributed by atoms with Gasteiger partial charge in [0.15, 0.2) is 0 Å². The van der Waals surface area contributed by atoms with Crippen molar-refractivity contribution in [3.63, 3.8) is 0 Å². The number of nitrogens with one attached hydrogen (secondary N) is 3. The monoisotopic (exact) mass is 511 g/mol. The van der Waals surface area contributed by atoms with Crippen molar-refractivity contribution in [2.75, 3.05) is 6.54 Å². The Morgan fingerprint density at radius 3 is 2.27 bits per heavy atom. The summed E-state index contributed by atoms with van der Waals surface area (Å²) in [6, 6.07) is 8.44. The topological polar surface area (TPSA) is 181 Å². The number of unbranched alkanes of at least 4 members (excludes halogenated alkanes) is 1. The van der Waals surface area contributed by atoms with E-state index < -0.39 is 36.9 Å². The summed E-state index contributed by atoms with van der Waals surface area (Å²) in [5.41, 5.74) is 0.307. The van der Waals surface area contributed by atoms with Crippen LogP contribution >= 0.6 is 0 Å². The highest BCUT2D eigenvalue weighted by molar-refractivity contribution is 6.80. The van der Waals surface area contributed by atoms with E-state index in [4.69, 9.17) is 5.26 Å². The van der Waals surface area contributed by atoms with Gasteiger partial charge in [0.05, 0.1) is 5.61 Å². The minimum Gasteiger partial charge on any atom is -0.422 e. The maximum Gasteiger partial charge on any atom is 0.504 e. The standard InChI is InChI=1S/C25H34BN5O6/c1-16(2)22(32)29-18(4)24(34)30-20(12-8-9-13-28-23(33)17(3)15-27)25(35)31-21(26(36)37)14-19-10-6-5-7-11-19/h5-7,10-11,16,18,20,36-37H,3,8-9,12-14H2,1-2,4H3,(H,28,33)(H,29,32)(H,30,34)/b31-21+/t18-,20-/m0/s1. The number of hydrogen-bond acceptors (Lipinski definition) is 7. The van der Waals surface area contributed by atoms with Crippen molar-refractivity contribution >= 4 is 36.4 Å². The van der Waals surface area contributed by atoms with E-state index >= 15 is 0 Å². The summed E-state index contributed by atoms with van der Waals surface area (Å²) < 4.78 is 0. The molecule has 11 nitrogen and oxygen atoms in total. The van der Waals surface area contributed by atoms with Crippen molar-refractivity contribution < 1.29 is 29.2 Å². The Hall–Kier alpha value is -3.82. The summed E-state index contributed by atoms with van der Waals surface area (Å²) in [7, 11) is -1.98. The molecule has 5 N–H and O–H groups in total. The normalized spacial score (nSPS) is 12.6. The third kappa shape index (κ3) is 11.6. The van der Waals surface area contributed by atoms with Crippen LogP contribution in [0.3, 0.4) is 0 Å². The lowest BCUT2D eigenvalue weighted by molar-refractivity contribution is -0.132. The quantitative estimate of drug-likeness (QED) is 0.0779. The maximum absolute atomic E-state index is 13.0. The zero-order valence-electron chi connectivity index (χ0n) is 21.4. The van der Waals surface area contributed by atoms with E-state index in [1.54, 1.807) is 50.2 Å². The molecule has 1 aromatic rings. The maximum atomic E-state index is 13.0. The molecule has 0 spiro atoms. The van der Waals surface area contributed by atoms with Crippen LogP contribution in [0, 0.1) is 17.2 Å². The van der Waals surface area contributed by atoms with Gasteiger partial charge in [-0.15, -0.1) is 0 Å². The molecule has 0 aliphatic heterocycles. The molecule has 0 unspecified atom stereocenters. The van der Waals surface area contributed by atoms with E-state index in [2.05, 4.69) is 27.5 Å². The van der Waals surface area contributed by atoms with Crippen LogP contribution in [0.1, 0.15) is 45.6 Å². The van der Waals surface area contributed by atoms with Crippen molar-refractivity contribution in [1.82, 2.24) is 16.0 Å². The van der Waals surface area contributed by atoms with Gasteiger partial charge in [-0.1, -0.05) is 50.8 Å². The van der Waals surface area contributed by atoms with E-state index in [1.165, 1.54) is 6.92 Å². The molecular formula is C25H34BN5O6. The number of benzene rings is 1. The van der Waals surface area contributed by atoms with Gasteiger partial charge in [0.25, 0.3) is 11.8 Å². The summed E-state index contributed by atoms with van der Waals surface area (Å²) in [5.74, 6) is -2.64. The van der Waals surface area contributed by atoms with Gasteiger partial charge in [-0.05, 0) is 31.7 Å². The van der Waals surface area contributed by atoms with Gasteiger partial charge in [-0.25, -0.2) is 4.99 Å². The van der Waals surface area contributed by atoms with E-state index in [0.29, 0.717) is 18.4 Å². The molecule has 0 bridgehead atoms. The molecule has 12 heteroatoms. The highest BCUT2D eigenvalue weighted by Gasteiger charge is 2.27. The fraction of sp³-hybridized carbons (Fsp3) is 0.440. The number of rotatable bonds is 14. The van der Waals surface area contributed by atoms with Gasteiger partial charge in [0.2, 0.25) is 11.8 Å². The van der Waals surface area contributed by atoms with Crippen LogP contribution in [-0.4, -0.2) is 65.0 Å². The van der Waals surface area contributed by atoms with Gasteiger partial charge in [-0.2, -0.15) is 5.26 Å². The Morgan fingerprint density at radius 2 is 1.70 bits per heavy atom. The molecule has 0 heterocycles. The minimum absolute atomic E-state index is 0.0145. The van der Waals surface area contributed by atoms with E-state index in [1.807, 2.05) is 0 Å². The van der Waals surface area contributed by atoms with Gasteiger partial charge in [0.1, 0.15) is 23.7 Å². The van der Waals surface area contributed by atoms with E-state index in [9.17, 15) is 29.2 Å². The van der Waals surface area contributed by atoms with Crippen LogP contribution in [0.5, 0.6) is 0 Å². The number of nitrogens with zero attached hydrogens (tertiary/aromatic N) is 2. The molecule has 37 heavy (non-hydrogen) atoms. The number of carbonyl (C=O) groups is 4. The predicted octanol–water partition coefficient (Wildman–Crippen LogP) is 0.220. The average Bonchev–Trinajstić information content (AvgIpc) is 2.86. The second-order valence-corrected chi connectivity index (χ2v) is 8.77. The van der Waals surface area contributed by atoms with Crippen molar-refractivity contribution in [3.8, 4) is 6.07 Å². The first kappa shape index (κ1) is 31.2. The molecular weight excluding hydrogens is 477 g/mol. The smallest absolute Gasteiger partial charge is 0.422 e. The number of hydrogen-bond donors (Lipinski definition) is 5. The van der Waals surface area contributed by atoms with Crippen LogP contribution in [-0.2, 0) is 25.6 Å². The molecule has 0 aliphatic rings. The number of nitriles is 1. The first-order valence-corrected chi connectivity index (χ1v) is 12.0. The molecule has 2 atom stereocenters. The van der Waals surface area contributed by atoms with Crippen molar-refractivity contribution in [2.24, 2.45) is 10.9 Å². The molecule has 0 saturated carbocycles. The number of carbonyl (C=O) groups excluding carboxylic acids is 4. The predicted molar refractivity (Wildman–Crippen MR) is 139 cm³/mol. The number of amides is 4. The Labute approximate surface area is 217 Å². The lowest BCUT2D eigenvalue weighted by atomic mass is 9.79. The van der Waals surface area contributed by atoms with Crippen LogP contribution in [0.2, 0.25) is 0 Å². The second kappa shape index (κ2) is 16.0. The molecule has 0 saturated heterocycles. The summed E-state index contributed by atoms with van der Waals surface area (Å²) in [4.78, 5) is 53.2. The first-order chi connectivity index (χ1) is 17.5. The fourth-order valence-electron chi connectivity index (χ4n) is 3.05. The highest BCUT2D eigenvalue weighted by atomic mass is 16.4. The molecule has 198 valence electrons. The second-order valence-electron chi connectivity index (χ2n) is 8.77. The third-order valence-electron chi connectivity index (χ3n) is 5.29. The zero-order chi connectivity index (χ0) is 28.0. The fourth-order valence-corrected chi connectivity index (χ4v) is 3.05. The van der Waals surface area contributed by atoms with Gasteiger partial charge in [-0.3, -0.25) is 19.2 Å². The van der Waals surface area contributed by atoms with Gasteiger partial charge >= 0.3 is 7.12 Å². The third-order valence-corrected chi connectivity index (χ3v) is 5.29. The summed E-state index contributed by atoms with van der Waals surface area (Å²) >= 11 is 0. The Balaban J connectivity index is 2.95. The van der Waals surface area contributed by atoms with Crippen molar-refractivity contribution in [1.29, 1.82) is 5.26 Å². The lowest BCUT2D eigenvalue weighted by Gasteiger charge is -2.20. The highest BCUT2D eigenvalue weighted by Crippen LogP contribution is 2.07. The molecule has 4 amide bonds. The van der Waals surface area contributed by atoms with Gasteiger partial charge in [0, 0.05) is 18.9 Å². The number of aliphatic imine (C=N–C) groups is 1. The van der Waals surface area contributed by atoms with Crippen molar-refractivity contribution in [3.05, 3.63) is 48.0 Å². The lowest BCUT2D eigenvalue weighted by Crippen LogP contribution is -2.51. The molecule has 0 fully saturated rings. The minimum atomic E-state index is -1.98. The molecule has 0 aromatic heterocycles. The zero-order valence-corrected chi connectivity index (χ0v) is 21.4. The first-order valence-electron chi connectivity index (χ1n) is 12.0. The van der Waals surface area contributed by atoms with Crippen LogP contribution < -0.4 is 16.0 Å². The molecule has 1 aromatic carbocycles. The Kier molecular flexibility index (Phi) is 13.5. The Morgan fingerprint density at radius 1 is 1.05 bits per heavy atom. The van der Waals surface area contributed by atoms with Crippen LogP contribution in [0.4, 0.5) is 0 Å².